The highest BCUT2D eigenvalue weighted by Crippen LogP contribution is 2.32. The number of allylic oxidation sites excluding steroid dienone is 3. The number of carbonyl (C=O) groups is 3. The van der Waals surface area contributed by atoms with Gasteiger partial charge in [0.1, 0.15) is 17.2 Å². The van der Waals surface area contributed by atoms with Gasteiger partial charge >= 0.3 is 6.03 Å². The number of nitrogens with zero attached hydrogens (tertiary/aromatic N) is 6. The van der Waals surface area contributed by atoms with Crippen LogP contribution in [0.2, 0.25) is 0 Å². The third-order valence-electron chi connectivity index (χ3n) is 11.2. The summed E-state index contributed by atoms with van der Waals surface area (Å²) in [5.41, 5.74) is 1.49. The number of hydrogen-bond donors (Lipinski definition) is 5. The molecule has 0 radical (unpaired) electrons. The predicted molar refractivity (Wildman–Crippen MR) is 290 cm³/mol. The van der Waals surface area contributed by atoms with E-state index < -0.39 is 22.9 Å². The molecule has 4 unspecified atom stereocenters. The number of ether oxygens (including phenoxy) is 2. The zero-order valence-corrected chi connectivity index (χ0v) is 45.9. The van der Waals surface area contributed by atoms with Gasteiger partial charge in [-0.2, -0.15) is 0 Å². The SMILES string of the molecule is C#C.C=Nc1cc(OCC)ccc1/C(=C\Cc1csc(NC(C)C)n1)OC.CC(C)C(CN1CCN(C)S1=O)NC(=O)NCC(=O)N1CCCC1C(C)(O)N(C)C.CCC/C=C\CCCCC.O=CO. The zero-order chi connectivity index (χ0) is 53.2. The number of aliphatic hydroxyl groups is 1. The Morgan fingerprint density at radius 1 is 1.10 bits per heavy atom. The Bertz CT molecular complexity index is 1900. The summed E-state index contributed by atoms with van der Waals surface area (Å²) in [6.45, 7) is 22.7. The summed E-state index contributed by atoms with van der Waals surface area (Å²) in [7, 11) is 7.03. The van der Waals surface area contributed by atoms with Crippen LogP contribution in [0.4, 0.5) is 15.6 Å². The van der Waals surface area contributed by atoms with Gasteiger partial charge in [-0.1, -0.05) is 59.1 Å². The fourth-order valence-electron chi connectivity index (χ4n) is 7.05. The van der Waals surface area contributed by atoms with Gasteiger partial charge in [0.25, 0.3) is 6.47 Å². The van der Waals surface area contributed by atoms with Crippen molar-refractivity contribution in [2.75, 3.05) is 72.9 Å². The van der Waals surface area contributed by atoms with Crippen molar-refractivity contribution in [3.05, 3.63) is 53.1 Å². The monoisotopic (exact) mass is 1020 g/mol. The molecule has 1 aromatic heterocycles. The van der Waals surface area contributed by atoms with E-state index in [9.17, 15) is 18.9 Å². The van der Waals surface area contributed by atoms with Crippen LogP contribution < -0.4 is 20.7 Å². The summed E-state index contributed by atoms with van der Waals surface area (Å²) in [5, 5.41) is 29.5. The molecule has 19 heteroatoms. The lowest BCUT2D eigenvalue weighted by atomic mass is 10.0. The maximum absolute atomic E-state index is 12.7. The highest BCUT2D eigenvalue weighted by atomic mass is 32.2. The third-order valence-corrected chi connectivity index (χ3v) is 13.5. The van der Waals surface area contributed by atoms with E-state index in [1.807, 2.05) is 56.4 Å². The van der Waals surface area contributed by atoms with Crippen LogP contribution in [0.3, 0.4) is 0 Å². The molecule has 17 nitrogen and oxygen atoms in total. The maximum Gasteiger partial charge on any atom is 0.315 e. The number of nitrogens with one attached hydrogen (secondary N) is 3. The van der Waals surface area contributed by atoms with E-state index >= 15 is 0 Å². The first kappa shape index (κ1) is 65.2. The van der Waals surface area contributed by atoms with Crippen molar-refractivity contribution in [3.63, 3.8) is 0 Å². The molecule has 0 bridgehead atoms. The average Bonchev–Trinajstić information content (AvgIpc) is 4.09. The Morgan fingerprint density at radius 2 is 1.77 bits per heavy atom. The molecule has 2 fully saturated rings. The van der Waals surface area contributed by atoms with Crippen molar-refractivity contribution in [3.8, 4) is 18.6 Å². The average molecular weight is 1020 g/mol. The van der Waals surface area contributed by atoms with Crippen molar-refractivity contribution in [2.45, 2.75) is 137 Å². The molecule has 4 atom stereocenters. The highest BCUT2D eigenvalue weighted by Gasteiger charge is 2.43. The first-order valence-electron chi connectivity index (χ1n) is 24.2. The van der Waals surface area contributed by atoms with Crippen LogP contribution in [-0.4, -0.2) is 154 Å². The molecular formula is C51H87N9O8S2. The molecule has 4 rings (SSSR count). The minimum atomic E-state index is -1.18. The number of benzene rings is 1. The number of likely N-dealkylation sites (N-methyl/N-ethyl adjacent to an activating group) is 2. The van der Waals surface area contributed by atoms with Crippen molar-refractivity contribution >= 4 is 64.2 Å². The molecule has 70 heavy (non-hydrogen) atoms. The fraction of sp³-hybridized carbons (Fsp3) is 0.627. The van der Waals surface area contributed by atoms with Gasteiger partial charge in [-0.15, -0.1) is 24.2 Å². The number of likely N-dealkylation sites (tertiary alicyclic amines) is 1. The minimum absolute atomic E-state index is 0.130. The number of anilines is 1. The lowest BCUT2D eigenvalue weighted by molar-refractivity contribution is -0.149. The quantitative estimate of drug-likeness (QED) is 0.0137. The zero-order valence-electron chi connectivity index (χ0n) is 44.2. The Kier molecular flexibility index (Phi) is 34.5. The molecule has 0 saturated carbocycles. The van der Waals surface area contributed by atoms with Crippen LogP contribution in [0.1, 0.15) is 118 Å². The van der Waals surface area contributed by atoms with Crippen LogP contribution >= 0.6 is 11.3 Å². The number of thiazole rings is 1. The number of aromatic nitrogens is 1. The van der Waals surface area contributed by atoms with Gasteiger partial charge in [0.15, 0.2) is 16.3 Å². The summed E-state index contributed by atoms with van der Waals surface area (Å²) < 4.78 is 26.9. The van der Waals surface area contributed by atoms with Crippen molar-refractivity contribution in [2.24, 2.45) is 10.9 Å². The molecular weight excluding hydrogens is 931 g/mol. The molecule has 2 saturated heterocycles. The van der Waals surface area contributed by atoms with E-state index in [0.717, 1.165) is 53.0 Å². The second kappa shape index (κ2) is 37.0. The first-order valence-corrected chi connectivity index (χ1v) is 26.2. The highest BCUT2D eigenvalue weighted by molar-refractivity contribution is 7.80. The Morgan fingerprint density at radius 3 is 2.31 bits per heavy atom. The summed E-state index contributed by atoms with van der Waals surface area (Å²) in [6, 6.07) is 5.17. The van der Waals surface area contributed by atoms with Gasteiger partial charge in [0.05, 0.1) is 37.7 Å². The molecule has 1 aromatic carbocycles. The maximum atomic E-state index is 12.7. The van der Waals surface area contributed by atoms with Crippen molar-refractivity contribution in [1.82, 2.24) is 34.0 Å². The first-order chi connectivity index (χ1) is 33.3. The normalized spacial score (nSPS) is 17.1. The third kappa shape index (κ3) is 24.3. The van der Waals surface area contributed by atoms with Crippen LogP contribution in [0.5, 0.6) is 5.75 Å². The number of unbranched alkanes of at least 4 members (excludes halogenated alkanes) is 4. The number of carboxylic acid groups (broad SMARTS) is 1. The predicted octanol–water partition coefficient (Wildman–Crippen LogP) is 8.19. The van der Waals surface area contributed by atoms with Gasteiger partial charge < -0.3 is 40.5 Å². The van der Waals surface area contributed by atoms with Gasteiger partial charge in [-0.05, 0) is 105 Å². The van der Waals surface area contributed by atoms with Gasteiger partial charge in [-0.25, -0.2) is 22.6 Å². The number of hydrogen-bond acceptors (Lipinski definition) is 12. The molecule has 5 N–H and O–H groups in total. The fourth-order valence-corrected chi connectivity index (χ4v) is 9.08. The summed E-state index contributed by atoms with van der Waals surface area (Å²) >= 11 is 0.430. The molecule has 0 spiro atoms. The molecule has 3 heterocycles. The number of terminal acetylenes is 1. The second-order valence-electron chi connectivity index (χ2n) is 17.4. The number of rotatable bonds is 23. The molecule has 2 aliphatic heterocycles. The number of amides is 3. The van der Waals surface area contributed by atoms with Crippen LogP contribution in [0.25, 0.3) is 5.76 Å². The van der Waals surface area contributed by atoms with E-state index in [1.165, 1.54) is 38.5 Å². The second-order valence-corrected chi connectivity index (χ2v) is 19.9. The number of urea groups is 1. The van der Waals surface area contributed by atoms with Gasteiger partial charge in [-0.3, -0.25) is 19.5 Å². The molecule has 396 valence electrons. The smallest absolute Gasteiger partial charge is 0.315 e. The van der Waals surface area contributed by atoms with Crippen LogP contribution in [0, 0.1) is 18.8 Å². The summed E-state index contributed by atoms with van der Waals surface area (Å²) in [4.78, 5) is 45.5. The van der Waals surface area contributed by atoms with Crippen molar-refractivity contribution < 1.29 is 38.3 Å². The number of methoxy groups -OCH3 is 1. The molecule has 0 aliphatic carbocycles. The van der Waals surface area contributed by atoms with Crippen LogP contribution in [0.15, 0.2) is 46.8 Å². The number of carbonyl (C=O) groups excluding carboxylic acids is 2. The largest absolute Gasteiger partial charge is 0.496 e. The molecule has 3 amide bonds. The minimum Gasteiger partial charge on any atom is -0.496 e. The van der Waals surface area contributed by atoms with E-state index in [1.54, 1.807) is 53.6 Å². The van der Waals surface area contributed by atoms with E-state index in [0.29, 0.717) is 38.7 Å². The van der Waals surface area contributed by atoms with Crippen molar-refractivity contribution in [1.29, 1.82) is 0 Å². The van der Waals surface area contributed by atoms with E-state index in [4.69, 9.17) is 19.4 Å². The number of aliphatic imine (C=N–C) groups is 1. The molecule has 2 aromatic rings. The summed E-state index contributed by atoms with van der Waals surface area (Å²) in [5.74, 6) is 1.45. The lowest BCUT2D eigenvalue weighted by Crippen LogP contribution is -2.59. The Balaban J connectivity index is 0.00000107. The standard InChI is InChI=1S/C19H38N6O4S.C19H25N3O2S.C10H20.C2H2.CH2O2/c1-14(2)15(13-24-11-10-23(6)30(24)29)21-18(27)20-12-17(26)25-9-7-8-16(25)19(3,28)22(4)5;1-6-24-15-8-9-16(17(11-15)20-4)18(23-5)10-7-14-12-25-19(22-14)21-13(2)3;1-3-5-7-9-10-8-6-4-2;1-2;2-1-3/h14-16,28H,7-13H2,1-6H3,(H2,20,21,27);8-13H,4,6-7H2,1-3,5H3,(H,21,22);7,9H,3-6,8,10H2,1-2H3;1-2H;1H,(H,2,3)/b;18-10+;9-7-;;. The topological polar surface area (TPSA) is 201 Å². The van der Waals surface area contributed by atoms with Gasteiger partial charge in [0, 0.05) is 68.7 Å². The Hall–Kier alpha value is -4.84. The lowest BCUT2D eigenvalue weighted by Gasteiger charge is -2.40. The Labute approximate surface area is 427 Å². The van der Waals surface area contributed by atoms with Gasteiger partial charge in [0.2, 0.25) is 5.91 Å². The molecule has 2 aliphatic rings. The van der Waals surface area contributed by atoms with E-state index in [2.05, 4.69) is 90.7 Å². The van der Waals surface area contributed by atoms with E-state index in [-0.39, 0.29) is 36.9 Å². The summed E-state index contributed by atoms with van der Waals surface area (Å²) in [6.07, 6.45) is 24.8. The van der Waals surface area contributed by atoms with Crippen LogP contribution in [-0.2, 0) is 31.9 Å².